The highest BCUT2D eigenvalue weighted by Gasteiger charge is 2.50. The Morgan fingerprint density at radius 3 is 1.95 bits per heavy atom. The van der Waals surface area contributed by atoms with Gasteiger partial charge in [-0.3, -0.25) is 9.59 Å². The van der Waals surface area contributed by atoms with Gasteiger partial charge in [0, 0.05) is 5.69 Å². The SMILES string of the molecule is CC(C)(C)c1ccc2c(c1)C(=O)C(=O)N2[Si](C)(C)C(C)(C)C. The van der Waals surface area contributed by atoms with Crippen LogP contribution in [0.3, 0.4) is 0 Å². The third-order valence-corrected chi connectivity index (χ3v) is 10.4. The van der Waals surface area contributed by atoms with Crippen LogP contribution in [0.1, 0.15) is 57.5 Å². The minimum Gasteiger partial charge on any atom is -0.333 e. The molecule has 4 heteroatoms. The summed E-state index contributed by atoms with van der Waals surface area (Å²) >= 11 is 0. The highest BCUT2D eigenvalue weighted by atomic mass is 28.3. The number of fused-ring (bicyclic) bond motifs is 1. The molecule has 0 saturated carbocycles. The van der Waals surface area contributed by atoms with Crippen LogP contribution in [0.2, 0.25) is 18.1 Å². The molecular formula is C18H27NO2Si. The van der Waals surface area contributed by atoms with Crippen LogP contribution < -0.4 is 4.57 Å². The summed E-state index contributed by atoms with van der Waals surface area (Å²) < 4.78 is 1.82. The molecule has 0 unspecified atom stereocenters. The highest BCUT2D eigenvalue weighted by Crippen LogP contribution is 2.44. The molecule has 1 aromatic carbocycles. The van der Waals surface area contributed by atoms with Crippen LogP contribution in [0.4, 0.5) is 5.69 Å². The lowest BCUT2D eigenvalue weighted by Gasteiger charge is -2.43. The van der Waals surface area contributed by atoms with Crippen molar-refractivity contribution in [3.05, 3.63) is 29.3 Å². The number of rotatable bonds is 1. The first kappa shape index (κ1) is 16.9. The molecule has 0 spiro atoms. The molecule has 1 aliphatic heterocycles. The predicted octanol–water partition coefficient (Wildman–Crippen LogP) is 4.52. The quantitative estimate of drug-likeness (QED) is 0.564. The van der Waals surface area contributed by atoms with Gasteiger partial charge in [-0.2, -0.15) is 0 Å². The van der Waals surface area contributed by atoms with Crippen molar-refractivity contribution in [2.24, 2.45) is 0 Å². The predicted molar refractivity (Wildman–Crippen MR) is 94.2 cm³/mol. The van der Waals surface area contributed by atoms with E-state index in [0.29, 0.717) is 5.56 Å². The molecule has 0 radical (unpaired) electrons. The van der Waals surface area contributed by atoms with Gasteiger partial charge < -0.3 is 4.57 Å². The largest absolute Gasteiger partial charge is 0.333 e. The summed E-state index contributed by atoms with van der Waals surface area (Å²) in [6, 6.07) is 5.91. The first-order valence-electron chi connectivity index (χ1n) is 7.82. The zero-order valence-corrected chi connectivity index (χ0v) is 16.0. The molecule has 0 bridgehead atoms. The van der Waals surface area contributed by atoms with Gasteiger partial charge >= 0.3 is 0 Å². The summed E-state index contributed by atoms with van der Waals surface area (Å²) in [6.07, 6.45) is 0. The van der Waals surface area contributed by atoms with E-state index in [4.69, 9.17) is 0 Å². The van der Waals surface area contributed by atoms with E-state index in [1.54, 1.807) is 0 Å². The second-order valence-electron chi connectivity index (χ2n) is 8.76. The molecule has 1 heterocycles. The molecule has 1 amide bonds. The Hall–Kier alpha value is -1.42. The fourth-order valence-corrected chi connectivity index (χ4v) is 4.67. The third kappa shape index (κ3) is 2.43. The standard InChI is InChI=1S/C18H27NO2Si/c1-17(2,3)12-9-10-14-13(11-12)15(20)16(21)19(14)22(7,8)18(4,5)6/h9-11H,1-8H3. The third-order valence-electron chi connectivity index (χ3n) is 5.14. The number of benzene rings is 1. The zero-order valence-electron chi connectivity index (χ0n) is 15.0. The van der Waals surface area contributed by atoms with Gasteiger partial charge in [-0.1, -0.05) is 60.7 Å². The van der Waals surface area contributed by atoms with Crippen molar-refractivity contribution < 1.29 is 9.59 Å². The normalized spacial score (nSPS) is 16.3. The van der Waals surface area contributed by atoms with E-state index in [0.717, 1.165) is 11.3 Å². The fraction of sp³-hybridized carbons (Fsp3) is 0.556. The van der Waals surface area contributed by atoms with Crippen molar-refractivity contribution >= 4 is 25.6 Å². The lowest BCUT2D eigenvalue weighted by Crippen LogP contribution is -2.57. The number of carbonyl (C=O) groups is 2. The second-order valence-corrected chi connectivity index (χ2v) is 13.8. The van der Waals surface area contributed by atoms with Crippen LogP contribution in [-0.2, 0) is 10.2 Å². The number of carbonyl (C=O) groups excluding carboxylic acids is 2. The molecule has 0 N–H and O–H groups in total. The van der Waals surface area contributed by atoms with Crippen LogP contribution >= 0.6 is 0 Å². The number of anilines is 1. The maximum absolute atomic E-state index is 12.6. The van der Waals surface area contributed by atoms with Crippen LogP contribution in [0, 0.1) is 0 Å². The first-order chi connectivity index (χ1) is 9.78. The van der Waals surface area contributed by atoms with Crippen molar-refractivity contribution in [2.75, 3.05) is 4.57 Å². The lowest BCUT2D eigenvalue weighted by atomic mass is 9.86. The van der Waals surface area contributed by atoms with Gasteiger partial charge in [0.1, 0.15) is 0 Å². The summed E-state index contributed by atoms with van der Waals surface area (Å²) in [5.41, 5.74) is 2.42. The van der Waals surface area contributed by atoms with E-state index < -0.39 is 8.24 Å². The van der Waals surface area contributed by atoms with E-state index in [-0.39, 0.29) is 22.1 Å². The molecule has 3 nitrogen and oxygen atoms in total. The smallest absolute Gasteiger partial charge is 0.291 e. The van der Waals surface area contributed by atoms with E-state index >= 15 is 0 Å². The van der Waals surface area contributed by atoms with E-state index in [1.807, 2.05) is 22.8 Å². The van der Waals surface area contributed by atoms with Crippen molar-refractivity contribution in [3.63, 3.8) is 0 Å². The first-order valence-corrected chi connectivity index (χ1v) is 10.8. The van der Waals surface area contributed by atoms with Crippen molar-refractivity contribution in [2.45, 2.75) is 65.1 Å². The van der Waals surface area contributed by atoms with Crippen molar-refractivity contribution in [1.29, 1.82) is 0 Å². The number of amides is 1. The molecule has 0 aromatic heterocycles. The number of hydrogen-bond acceptors (Lipinski definition) is 2. The van der Waals surface area contributed by atoms with Gasteiger partial charge in [0.2, 0.25) is 0 Å². The Bertz CT molecular complexity index is 648. The molecule has 1 aromatic rings. The van der Waals surface area contributed by atoms with Crippen LogP contribution in [-0.4, -0.2) is 19.9 Å². The monoisotopic (exact) mass is 317 g/mol. The zero-order chi connectivity index (χ0) is 17.1. The summed E-state index contributed by atoms with van der Waals surface area (Å²) in [6.45, 7) is 17.1. The van der Waals surface area contributed by atoms with Crippen LogP contribution in [0.25, 0.3) is 0 Å². The molecule has 0 atom stereocenters. The minimum atomic E-state index is -2.13. The van der Waals surface area contributed by atoms with Gasteiger partial charge in [-0.15, -0.1) is 0 Å². The number of nitrogens with zero attached hydrogens (tertiary/aromatic N) is 1. The second kappa shape index (κ2) is 4.78. The van der Waals surface area contributed by atoms with E-state index in [2.05, 4.69) is 54.6 Å². The topological polar surface area (TPSA) is 37.4 Å². The lowest BCUT2D eigenvalue weighted by molar-refractivity contribution is -0.113. The summed E-state index contributed by atoms with van der Waals surface area (Å²) in [5.74, 6) is -0.710. The number of ketones is 1. The highest BCUT2D eigenvalue weighted by molar-refractivity contribution is 6.90. The van der Waals surface area contributed by atoms with Gasteiger partial charge in [0.25, 0.3) is 11.7 Å². The van der Waals surface area contributed by atoms with Crippen LogP contribution in [0.5, 0.6) is 0 Å². The number of hydrogen-bond donors (Lipinski definition) is 0. The summed E-state index contributed by atoms with van der Waals surface area (Å²) in [5, 5.41) is -0.00670. The van der Waals surface area contributed by atoms with E-state index in [1.165, 1.54) is 0 Å². The molecule has 2 rings (SSSR count). The average molecular weight is 318 g/mol. The van der Waals surface area contributed by atoms with Gasteiger partial charge in [0.05, 0.1) is 5.56 Å². The minimum absolute atomic E-state index is 0.00670. The maximum Gasteiger partial charge on any atom is 0.291 e. The molecule has 22 heavy (non-hydrogen) atoms. The molecule has 0 fully saturated rings. The molecule has 1 aliphatic rings. The van der Waals surface area contributed by atoms with Gasteiger partial charge in [0.15, 0.2) is 8.24 Å². The van der Waals surface area contributed by atoms with Crippen molar-refractivity contribution in [3.8, 4) is 0 Å². The molecule has 0 saturated heterocycles. The Balaban J connectivity index is 2.62. The maximum atomic E-state index is 12.6. The fourth-order valence-electron chi connectivity index (χ4n) is 2.60. The molecule has 120 valence electrons. The molecule has 0 aliphatic carbocycles. The summed E-state index contributed by atoms with van der Waals surface area (Å²) in [4.78, 5) is 25.1. The average Bonchev–Trinajstić information content (AvgIpc) is 2.59. The van der Waals surface area contributed by atoms with Crippen molar-refractivity contribution in [1.82, 2.24) is 0 Å². The Morgan fingerprint density at radius 2 is 1.50 bits per heavy atom. The van der Waals surface area contributed by atoms with Crippen LogP contribution in [0.15, 0.2) is 18.2 Å². The Kier molecular flexibility index (Phi) is 3.68. The van der Waals surface area contributed by atoms with E-state index in [9.17, 15) is 9.59 Å². The summed E-state index contributed by atoms with van der Waals surface area (Å²) in [7, 11) is -2.13. The van der Waals surface area contributed by atoms with Gasteiger partial charge in [-0.25, -0.2) is 0 Å². The number of Topliss-reactive ketones (excluding diaryl/α,β-unsaturated/α-hetero) is 1. The Labute approximate surface area is 134 Å². The Morgan fingerprint density at radius 1 is 0.955 bits per heavy atom. The van der Waals surface area contributed by atoms with Gasteiger partial charge in [-0.05, 0) is 28.1 Å². The molecular weight excluding hydrogens is 290 g/mol.